The van der Waals surface area contributed by atoms with Crippen molar-refractivity contribution >= 4 is 16.7 Å². The number of rotatable bonds is 5. The second-order valence-electron chi connectivity index (χ2n) is 5.70. The number of carbonyl (C=O) groups is 1. The van der Waals surface area contributed by atoms with Crippen LogP contribution in [0.4, 0.5) is 0 Å². The van der Waals surface area contributed by atoms with Gasteiger partial charge in [-0.2, -0.15) is 5.10 Å². The number of fused-ring (bicyclic) bond motifs is 1. The molecule has 0 aliphatic heterocycles. The molecule has 0 aliphatic rings. The van der Waals surface area contributed by atoms with E-state index in [1.165, 1.54) is 10.7 Å². The minimum Gasteiger partial charge on any atom is -0.464 e. The third kappa shape index (κ3) is 3.31. The number of hydrogen-bond donors (Lipinski definition) is 0. The zero-order valence-electron chi connectivity index (χ0n) is 14.3. The van der Waals surface area contributed by atoms with Gasteiger partial charge in [-0.3, -0.25) is 4.79 Å². The maximum absolute atomic E-state index is 12.3. The lowest BCUT2D eigenvalue weighted by Crippen LogP contribution is -2.32. The molecule has 5 heteroatoms. The number of hydrogen-bond acceptors (Lipinski definition) is 4. The summed E-state index contributed by atoms with van der Waals surface area (Å²) < 4.78 is 6.31. The second kappa shape index (κ2) is 7.30. The molecule has 1 atom stereocenters. The van der Waals surface area contributed by atoms with Crippen molar-refractivity contribution in [3.63, 3.8) is 0 Å². The second-order valence-corrected chi connectivity index (χ2v) is 5.70. The van der Waals surface area contributed by atoms with Crippen LogP contribution < -0.4 is 5.56 Å². The highest BCUT2D eigenvalue weighted by molar-refractivity contribution is 5.95. The number of aromatic nitrogens is 2. The lowest BCUT2D eigenvalue weighted by atomic mass is 10.0. The van der Waals surface area contributed by atoms with Gasteiger partial charge in [0.2, 0.25) is 0 Å². The number of benzene rings is 2. The molecular formula is C20H20N2O3. The van der Waals surface area contributed by atoms with Crippen molar-refractivity contribution in [3.8, 4) is 11.3 Å². The Bertz CT molecular complexity index is 957. The fourth-order valence-electron chi connectivity index (χ4n) is 2.92. The molecule has 1 unspecified atom stereocenters. The van der Waals surface area contributed by atoms with Gasteiger partial charge in [-0.1, -0.05) is 49.4 Å². The zero-order valence-corrected chi connectivity index (χ0v) is 14.3. The Morgan fingerprint density at radius 2 is 1.84 bits per heavy atom. The van der Waals surface area contributed by atoms with Crippen molar-refractivity contribution in [2.75, 3.05) is 6.61 Å². The first kappa shape index (κ1) is 16.9. The van der Waals surface area contributed by atoms with Gasteiger partial charge in [-0.25, -0.2) is 9.48 Å². The largest absolute Gasteiger partial charge is 0.464 e. The highest BCUT2D eigenvalue weighted by Gasteiger charge is 2.22. The summed E-state index contributed by atoms with van der Waals surface area (Å²) in [6, 6.07) is 16.4. The Hall–Kier alpha value is -2.95. The topological polar surface area (TPSA) is 61.2 Å². The Balaban J connectivity index is 2.13. The van der Waals surface area contributed by atoms with Crippen LogP contribution in [0.2, 0.25) is 0 Å². The van der Waals surface area contributed by atoms with E-state index in [2.05, 4.69) is 5.10 Å². The third-order valence-corrected chi connectivity index (χ3v) is 4.13. The number of carbonyl (C=O) groups excluding carboxylic acids is 1. The van der Waals surface area contributed by atoms with Crippen molar-refractivity contribution in [1.29, 1.82) is 0 Å². The normalized spacial score (nSPS) is 12.1. The van der Waals surface area contributed by atoms with Crippen molar-refractivity contribution in [2.24, 2.45) is 0 Å². The van der Waals surface area contributed by atoms with E-state index in [0.29, 0.717) is 12.1 Å². The molecule has 0 spiro atoms. The number of esters is 1. The quantitative estimate of drug-likeness (QED) is 0.668. The molecule has 0 saturated carbocycles. The Labute approximate surface area is 145 Å². The van der Waals surface area contributed by atoms with Crippen LogP contribution in [-0.4, -0.2) is 22.4 Å². The summed E-state index contributed by atoms with van der Waals surface area (Å²) in [4.78, 5) is 24.4. The Morgan fingerprint density at radius 3 is 2.60 bits per heavy atom. The molecule has 128 valence electrons. The van der Waals surface area contributed by atoms with E-state index < -0.39 is 12.0 Å². The molecule has 0 saturated heterocycles. The molecule has 0 fully saturated rings. The van der Waals surface area contributed by atoms with E-state index in [0.717, 1.165) is 16.3 Å². The number of nitrogens with zero attached hydrogens (tertiary/aromatic N) is 2. The van der Waals surface area contributed by atoms with Gasteiger partial charge < -0.3 is 4.74 Å². The van der Waals surface area contributed by atoms with Crippen molar-refractivity contribution in [1.82, 2.24) is 9.78 Å². The van der Waals surface area contributed by atoms with Crippen molar-refractivity contribution in [2.45, 2.75) is 26.3 Å². The molecule has 1 heterocycles. The van der Waals surface area contributed by atoms with Gasteiger partial charge in [0, 0.05) is 11.6 Å². The van der Waals surface area contributed by atoms with E-state index in [4.69, 9.17) is 4.74 Å². The maximum Gasteiger partial charge on any atom is 0.331 e. The lowest BCUT2D eigenvalue weighted by Gasteiger charge is -2.16. The fourth-order valence-corrected chi connectivity index (χ4v) is 2.92. The summed E-state index contributed by atoms with van der Waals surface area (Å²) in [5.41, 5.74) is 1.26. The van der Waals surface area contributed by atoms with E-state index in [1.54, 1.807) is 13.0 Å². The van der Waals surface area contributed by atoms with Gasteiger partial charge in [0.1, 0.15) is 0 Å². The van der Waals surface area contributed by atoms with Crippen LogP contribution >= 0.6 is 0 Å². The molecule has 5 nitrogen and oxygen atoms in total. The van der Waals surface area contributed by atoms with Gasteiger partial charge in [-0.05, 0) is 30.2 Å². The van der Waals surface area contributed by atoms with Crippen LogP contribution in [0.5, 0.6) is 0 Å². The van der Waals surface area contributed by atoms with Gasteiger partial charge >= 0.3 is 5.97 Å². The molecule has 3 rings (SSSR count). The predicted molar refractivity (Wildman–Crippen MR) is 97.4 cm³/mol. The first-order valence-electron chi connectivity index (χ1n) is 8.40. The zero-order chi connectivity index (χ0) is 17.8. The highest BCUT2D eigenvalue weighted by Crippen LogP contribution is 2.26. The summed E-state index contributed by atoms with van der Waals surface area (Å²) >= 11 is 0. The molecule has 3 aromatic rings. The van der Waals surface area contributed by atoms with Crippen LogP contribution in [-0.2, 0) is 9.53 Å². The molecule has 25 heavy (non-hydrogen) atoms. The fraction of sp³-hybridized carbons (Fsp3) is 0.250. The van der Waals surface area contributed by atoms with Crippen LogP contribution in [0, 0.1) is 0 Å². The standard InChI is InChI=1S/C20H20N2O3/c1-3-18(20(24)25-4-2)22-19(23)13-12-17(21-22)16-11-7-9-14-8-5-6-10-15(14)16/h5-13,18H,3-4H2,1-2H3. The van der Waals surface area contributed by atoms with Crippen LogP contribution in [0.25, 0.3) is 22.0 Å². The predicted octanol–water partition coefficient (Wildman–Crippen LogP) is 3.58. The molecular weight excluding hydrogens is 316 g/mol. The lowest BCUT2D eigenvalue weighted by molar-refractivity contribution is -0.147. The average Bonchev–Trinajstić information content (AvgIpc) is 2.64. The van der Waals surface area contributed by atoms with E-state index in [-0.39, 0.29) is 12.2 Å². The van der Waals surface area contributed by atoms with Gasteiger partial charge in [0.25, 0.3) is 5.56 Å². The van der Waals surface area contributed by atoms with Crippen molar-refractivity contribution < 1.29 is 9.53 Å². The highest BCUT2D eigenvalue weighted by atomic mass is 16.5. The van der Waals surface area contributed by atoms with Crippen LogP contribution in [0.1, 0.15) is 26.3 Å². The smallest absolute Gasteiger partial charge is 0.331 e. The Morgan fingerprint density at radius 1 is 1.08 bits per heavy atom. The molecule has 0 bridgehead atoms. The summed E-state index contributed by atoms with van der Waals surface area (Å²) in [5, 5.41) is 6.61. The molecule has 1 aromatic heterocycles. The SMILES string of the molecule is CCOC(=O)C(CC)n1nc(-c2cccc3ccccc23)ccc1=O. The molecule has 0 N–H and O–H groups in total. The van der Waals surface area contributed by atoms with E-state index >= 15 is 0 Å². The first-order valence-corrected chi connectivity index (χ1v) is 8.40. The van der Waals surface area contributed by atoms with Gasteiger partial charge in [0.15, 0.2) is 6.04 Å². The molecule has 2 aromatic carbocycles. The summed E-state index contributed by atoms with van der Waals surface area (Å²) in [6.45, 7) is 3.85. The molecule has 0 aliphatic carbocycles. The summed E-state index contributed by atoms with van der Waals surface area (Å²) in [7, 11) is 0. The van der Waals surface area contributed by atoms with Gasteiger partial charge in [0.05, 0.1) is 12.3 Å². The van der Waals surface area contributed by atoms with E-state index in [1.807, 2.05) is 49.4 Å². The summed E-state index contributed by atoms with van der Waals surface area (Å²) in [5.74, 6) is -0.435. The third-order valence-electron chi connectivity index (χ3n) is 4.13. The minimum atomic E-state index is -0.720. The van der Waals surface area contributed by atoms with Crippen LogP contribution in [0.3, 0.4) is 0 Å². The molecule has 0 amide bonds. The minimum absolute atomic E-state index is 0.271. The van der Waals surface area contributed by atoms with Crippen LogP contribution in [0.15, 0.2) is 59.4 Å². The summed E-state index contributed by atoms with van der Waals surface area (Å²) in [6.07, 6.45) is 0.435. The van der Waals surface area contributed by atoms with Gasteiger partial charge in [-0.15, -0.1) is 0 Å². The average molecular weight is 336 g/mol. The monoisotopic (exact) mass is 336 g/mol. The number of ether oxygens (including phenoxy) is 1. The maximum atomic E-state index is 12.3. The van der Waals surface area contributed by atoms with E-state index in [9.17, 15) is 9.59 Å². The Kier molecular flexibility index (Phi) is 4.93. The molecule has 0 radical (unpaired) electrons. The van der Waals surface area contributed by atoms with Crippen molar-refractivity contribution in [3.05, 3.63) is 65.0 Å². The first-order chi connectivity index (χ1) is 12.2.